The van der Waals surface area contributed by atoms with E-state index in [-0.39, 0.29) is 11.2 Å². The van der Waals surface area contributed by atoms with Crippen molar-refractivity contribution in [2.75, 3.05) is 7.05 Å². The van der Waals surface area contributed by atoms with E-state index in [4.69, 9.17) is 4.98 Å². The zero-order chi connectivity index (χ0) is 15.2. The number of aromatic nitrogens is 1. The van der Waals surface area contributed by atoms with Crippen molar-refractivity contribution in [3.8, 4) is 10.6 Å². The van der Waals surface area contributed by atoms with Crippen LogP contribution in [0.5, 0.6) is 0 Å². The second-order valence-electron chi connectivity index (χ2n) is 6.34. The Labute approximate surface area is 136 Å². The number of halogens is 2. The first-order chi connectivity index (χ1) is 9.89. The van der Waals surface area contributed by atoms with Gasteiger partial charge in [0.2, 0.25) is 0 Å². The van der Waals surface area contributed by atoms with Crippen molar-refractivity contribution in [1.29, 1.82) is 0 Å². The summed E-state index contributed by atoms with van der Waals surface area (Å²) in [5.41, 5.74) is 1.93. The maximum atomic E-state index is 14.2. The highest BCUT2D eigenvalue weighted by Crippen LogP contribution is 2.45. The molecule has 3 rings (SSSR count). The fourth-order valence-electron chi connectivity index (χ4n) is 2.94. The molecular formula is C16H18BrFN2S. The summed E-state index contributed by atoms with van der Waals surface area (Å²) in [6.07, 6.45) is 2.04. The fraction of sp³-hybridized carbons (Fsp3) is 0.438. The predicted molar refractivity (Wildman–Crippen MR) is 89.1 cm³/mol. The van der Waals surface area contributed by atoms with Crippen LogP contribution in [0.15, 0.2) is 22.7 Å². The van der Waals surface area contributed by atoms with Crippen LogP contribution in [0.4, 0.5) is 4.39 Å². The molecule has 0 aliphatic heterocycles. The van der Waals surface area contributed by atoms with E-state index in [0.717, 1.165) is 28.0 Å². The Morgan fingerprint density at radius 2 is 2.19 bits per heavy atom. The van der Waals surface area contributed by atoms with Crippen LogP contribution in [-0.4, -0.2) is 12.0 Å². The highest BCUT2D eigenvalue weighted by molar-refractivity contribution is 9.10. The molecule has 1 aromatic carbocycles. The molecule has 1 aliphatic carbocycles. The number of nitrogens with zero attached hydrogens (tertiary/aromatic N) is 1. The third kappa shape index (κ3) is 2.91. The standard InChI is InChI=1S/C16H18BrFN2S/c1-16(2)7-12(19-3)14-13(8-16)20-15(21-14)10-5-4-9(17)6-11(10)18/h4-6,12,19H,7-8H2,1-3H3. The highest BCUT2D eigenvalue weighted by Gasteiger charge is 2.34. The molecule has 0 saturated carbocycles. The van der Waals surface area contributed by atoms with Crippen molar-refractivity contribution < 1.29 is 4.39 Å². The van der Waals surface area contributed by atoms with E-state index in [2.05, 4.69) is 35.1 Å². The highest BCUT2D eigenvalue weighted by atomic mass is 79.9. The topological polar surface area (TPSA) is 24.9 Å². The van der Waals surface area contributed by atoms with E-state index < -0.39 is 0 Å². The number of rotatable bonds is 2. The lowest BCUT2D eigenvalue weighted by Gasteiger charge is -2.34. The van der Waals surface area contributed by atoms with Gasteiger partial charge in [0.15, 0.2) is 0 Å². The Bertz CT molecular complexity index is 681. The Morgan fingerprint density at radius 1 is 1.43 bits per heavy atom. The molecule has 0 radical (unpaired) electrons. The number of benzene rings is 1. The first-order valence-corrected chi connectivity index (χ1v) is 8.63. The lowest BCUT2D eigenvalue weighted by atomic mass is 9.76. The third-order valence-corrected chi connectivity index (χ3v) is 5.69. The van der Waals surface area contributed by atoms with Gasteiger partial charge in [-0.2, -0.15) is 0 Å². The van der Waals surface area contributed by atoms with E-state index in [1.54, 1.807) is 17.4 Å². The van der Waals surface area contributed by atoms with E-state index in [0.29, 0.717) is 11.6 Å². The van der Waals surface area contributed by atoms with Crippen molar-refractivity contribution >= 4 is 27.3 Å². The van der Waals surface area contributed by atoms with E-state index >= 15 is 0 Å². The van der Waals surface area contributed by atoms with Crippen LogP contribution in [0.2, 0.25) is 0 Å². The smallest absolute Gasteiger partial charge is 0.134 e. The van der Waals surface area contributed by atoms with Crippen LogP contribution in [0, 0.1) is 11.2 Å². The Balaban J connectivity index is 2.06. The van der Waals surface area contributed by atoms with Gasteiger partial charge < -0.3 is 5.32 Å². The fourth-order valence-corrected chi connectivity index (χ4v) is 4.50. The van der Waals surface area contributed by atoms with Crippen LogP contribution in [-0.2, 0) is 6.42 Å². The molecule has 1 heterocycles. The summed E-state index contributed by atoms with van der Waals surface area (Å²) in [7, 11) is 1.98. The number of nitrogens with one attached hydrogen (secondary N) is 1. The van der Waals surface area contributed by atoms with E-state index in [1.165, 1.54) is 10.9 Å². The summed E-state index contributed by atoms with van der Waals surface area (Å²) in [5, 5.41) is 4.15. The monoisotopic (exact) mass is 368 g/mol. The molecule has 1 atom stereocenters. The third-order valence-electron chi connectivity index (χ3n) is 3.96. The lowest BCUT2D eigenvalue weighted by molar-refractivity contribution is 0.265. The molecule has 2 nitrogen and oxygen atoms in total. The molecule has 112 valence electrons. The Kier molecular flexibility index (Phi) is 3.93. The van der Waals surface area contributed by atoms with Crippen molar-refractivity contribution in [2.45, 2.75) is 32.7 Å². The minimum absolute atomic E-state index is 0.226. The van der Waals surface area contributed by atoms with Gasteiger partial charge in [-0.05, 0) is 43.5 Å². The molecule has 5 heteroatoms. The number of thiazole rings is 1. The molecular weight excluding hydrogens is 351 g/mol. The van der Waals surface area contributed by atoms with Gasteiger partial charge in [0.1, 0.15) is 10.8 Å². The van der Waals surface area contributed by atoms with Crippen LogP contribution in [0.25, 0.3) is 10.6 Å². The molecule has 21 heavy (non-hydrogen) atoms. The predicted octanol–water partition coefficient (Wildman–Crippen LogP) is 4.94. The Morgan fingerprint density at radius 3 is 2.86 bits per heavy atom. The SMILES string of the molecule is CNC1CC(C)(C)Cc2nc(-c3ccc(Br)cc3F)sc21. The van der Waals surface area contributed by atoms with Crippen LogP contribution in [0.1, 0.15) is 36.9 Å². The quantitative estimate of drug-likeness (QED) is 0.811. The number of fused-ring (bicyclic) bond motifs is 1. The molecule has 0 spiro atoms. The normalized spacial score (nSPS) is 20.3. The Hall–Kier alpha value is -0.780. The average molecular weight is 369 g/mol. The zero-order valence-electron chi connectivity index (χ0n) is 12.3. The van der Waals surface area contributed by atoms with Gasteiger partial charge in [-0.15, -0.1) is 11.3 Å². The van der Waals surface area contributed by atoms with Crippen molar-refractivity contribution in [1.82, 2.24) is 10.3 Å². The maximum absolute atomic E-state index is 14.2. The minimum Gasteiger partial charge on any atom is -0.312 e. The van der Waals surface area contributed by atoms with Crippen molar-refractivity contribution in [3.05, 3.63) is 39.1 Å². The van der Waals surface area contributed by atoms with E-state index in [1.807, 2.05) is 13.1 Å². The average Bonchev–Trinajstić information content (AvgIpc) is 2.79. The van der Waals surface area contributed by atoms with Crippen LogP contribution in [0.3, 0.4) is 0 Å². The number of hydrogen-bond acceptors (Lipinski definition) is 3. The van der Waals surface area contributed by atoms with Gasteiger partial charge in [0.25, 0.3) is 0 Å². The molecule has 1 N–H and O–H groups in total. The minimum atomic E-state index is -0.226. The summed E-state index contributed by atoms with van der Waals surface area (Å²) in [4.78, 5) is 5.99. The molecule has 0 saturated heterocycles. The summed E-state index contributed by atoms with van der Waals surface area (Å²) in [6.45, 7) is 4.53. The van der Waals surface area contributed by atoms with Gasteiger partial charge in [0, 0.05) is 21.0 Å². The summed E-state index contributed by atoms with van der Waals surface area (Å²) < 4.78 is 14.9. The second kappa shape index (κ2) is 5.45. The van der Waals surface area contributed by atoms with Crippen molar-refractivity contribution in [2.24, 2.45) is 5.41 Å². The first kappa shape index (κ1) is 15.1. The molecule has 2 aromatic rings. The lowest BCUT2D eigenvalue weighted by Crippen LogP contribution is -2.30. The molecule has 0 bridgehead atoms. The van der Waals surface area contributed by atoms with Crippen molar-refractivity contribution in [3.63, 3.8) is 0 Å². The van der Waals surface area contributed by atoms with Crippen LogP contribution < -0.4 is 5.32 Å². The van der Waals surface area contributed by atoms with Crippen LogP contribution >= 0.6 is 27.3 Å². The summed E-state index contributed by atoms with van der Waals surface area (Å²) in [5.74, 6) is -0.226. The molecule has 0 fully saturated rings. The number of hydrogen-bond donors (Lipinski definition) is 1. The van der Waals surface area contributed by atoms with E-state index in [9.17, 15) is 4.39 Å². The molecule has 1 aromatic heterocycles. The summed E-state index contributed by atoms with van der Waals surface area (Å²) in [6, 6.07) is 5.46. The van der Waals surface area contributed by atoms with Gasteiger partial charge >= 0.3 is 0 Å². The molecule has 0 amide bonds. The first-order valence-electron chi connectivity index (χ1n) is 7.02. The summed E-state index contributed by atoms with van der Waals surface area (Å²) >= 11 is 4.91. The van der Waals surface area contributed by atoms with Gasteiger partial charge in [-0.25, -0.2) is 9.37 Å². The van der Waals surface area contributed by atoms with Gasteiger partial charge in [-0.3, -0.25) is 0 Å². The molecule has 1 unspecified atom stereocenters. The van der Waals surface area contributed by atoms with Gasteiger partial charge in [0.05, 0.1) is 5.69 Å². The largest absolute Gasteiger partial charge is 0.312 e. The second-order valence-corrected chi connectivity index (χ2v) is 8.29. The maximum Gasteiger partial charge on any atom is 0.134 e. The van der Waals surface area contributed by atoms with Gasteiger partial charge in [-0.1, -0.05) is 29.8 Å². The molecule has 1 aliphatic rings. The zero-order valence-corrected chi connectivity index (χ0v) is 14.7.